The van der Waals surface area contributed by atoms with Gasteiger partial charge < -0.3 is 18.7 Å². The molecule has 0 bridgehead atoms. The van der Waals surface area contributed by atoms with Crippen molar-refractivity contribution < 1.29 is 28.8 Å². The molecule has 4 aromatic heterocycles. The molecule has 0 amide bonds. The maximum absolute atomic E-state index is 12.0. The molecular formula is C100H93BrN8O6. The number of aryl methyl sites for hydroxylation is 1. The van der Waals surface area contributed by atoms with Crippen molar-refractivity contribution in [3.8, 4) is 17.1 Å². The molecule has 2 aliphatic heterocycles. The maximum Gasteiger partial charge on any atom is 0.137 e. The number of nitrogens with zero attached hydrogens (tertiary/aromatic N) is 5. The smallest absolute Gasteiger partial charge is 0.137 e. The number of rotatable bonds is 5. The monoisotopic (exact) mass is 1580 g/mol. The summed E-state index contributed by atoms with van der Waals surface area (Å²) >= 11 is 3.66. The van der Waals surface area contributed by atoms with E-state index in [0.29, 0.717) is 100 Å². The number of fused-ring (bicyclic) bond motifs is 17. The molecule has 2 fully saturated rings. The summed E-state index contributed by atoms with van der Waals surface area (Å²) in [6.07, 6.45) is 14.1. The van der Waals surface area contributed by atoms with E-state index in [1.54, 1.807) is 0 Å². The van der Waals surface area contributed by atoms with Gasteiger partial charge in [-0.05, 0) is 177 Å². The first-order valence-electron chi connectivity index (χ1n) is 40.7. The molecule has 8 aliphatic rings. The highest BCUT2D eigenvalue weighted by molar-refractivity contribution is 9.10. The fourth-order valence-electron chi connectivity index (χ4n) is 18.5. The fraction of sp³-hybridized carbons (Fsp3) is 0.260. The van der Waals surface area contributed by atoms with Crippen LogP contribution in [0, 0.1) is 0 Å². The molecule has 0 unspecified atom stereocenters. The number of ketones is 6. The second kappa shape index (κ2) is 32.1. The largest absolute Gasteiger partial charge is 0.358 e. The van der Waals surface area contributed by atoms with Crippen LogP contribution in [0.25, 0.3) is 71.4 Å². The van der Waals surface area contributed by atoms with Crippen molar-refractivity contribution in [3.05, 3.63) is 302 Å². The fourth-order valence-corrected chi connectivity index (χ4v) is 19.0. The Morgan fingerprint density at radius 3 is 1.37 bits per heavy atom. The number of hydrazone groups is 2. The lowest BCUT2D eigenvalue weighted by atomic mass is 9.74. The molecule has 6 heterocycles. The van der Waals surface area contributed by atoms with Crippen molar-refractivity contribution in [2.75, 3.05) is 10.9 Å². The van der Waals surface area contributed by atoms with Gasteiger partial charge >= 0.3 is 0 Å². The molecule has 10 aromatic carbocycles. The van der Waals surface area contributed by atoms with Gasteiger partial charge in [0.05, 0.1) is 33.6 Å². The molecule has 0 radical (unpaired) electrons. The van der Waals surface area contributed by atoms with E-state index in [4.69, 9.17) is 5.10 Å². The number of aromatic amines is 1. The molecule has 15 heteroatoms. The minimum absolute atomic E-state index is 0.0123. The molecule has 6 aliphatic carbocycles. The third-order valence-corrected chi connectivity index (χ3v) is 25.2. The van der Waals surface area contributed by atoms with Crippen LogP contribution in [0.1, 0.15) is 172 Å². The van der Waals surface area contributed by atoms with Gasteiger partial charge in [0.25, 0.3) is 0 Å². The van der Waals surface area contributed by atoms with Crippen LogP contribution in [0.2, 0.25) is 0 Å². The number of para-hydroxylation sites is 8. The van der Waals surface area contributed by atoms with Gasteiger partial charge in [-0.2, -0.15) is 10.2 Å². The summed E-state index contributed by atoms with van der Waals surface area (Å²) in [5, 5.41) is 16.7. The van der Waals surface area contributed by atoms with Crippen molar-refractivity contribution in [3.63, 3.8) is 0 Å². The molecular weight excluding hydrogens is 1490 g/mol. The van der Waals surface area contributed by atoms with Gasteiger partial charge in [0.1, 0.15) is 34.7 Å². The van der Waals surface area contributed by atoms with E-state index in [1.807, 2.05) is 54.6 Å². The maximum atomic E-state index is 12.0. The van der Waals surface area contributed by atoms with E-state index >= 15 is 0 Å². The van der Waals surface area contributed by atoms with E-state index in [9.17, 15) is 28.8 Å². The zero-order valence-electron chi connectivity index (χ0n) is 65.6. The van der Waals surface area contributed by atoms with Crippen LogP contribution >= 0.6 is 15.9 Å². The molecule has 0 saturated heterocycles. The predicted molar refractivity (Wildman–Crippen MR) is 468 cm³/mol. The quantitative estimate of drug-likeness (QED) is 0.142. The first kappa shape index (κ1) is 75.7. The molecule has 22 rings (SSSR count). The second-order valence-electron chi connectivity index (χ2n) is 32.5. The Morgan fingerprint density at radius 2 is 0.757 bits per heavy atom. The number of carbonyl (C=O) groups excluding carboxylic acids is 6. The molecule has 14 nitrogen and oxygen atoms in total. The van der Waals surface area contributed by atoms with Gasteiger partial charge in [-0.15, -0.1) is 0 Å². The highest BCUT2D eigenvalue weighted by Crippen LogP contribution is 2.50. The Morgan fingerprint density at radius 1 is 0.330 bits per heavy atom. The third kappa shape index (κ3) is 15.0. The molecule has 14 aromatic rings. The molecule has 2 saturated carbocycles. The van der Waals surface area contributed by atoms with Crippen LogP contribution in [0.3, 0.4) is 0 Å². The highest BCUT2D eigenvalue weighted by Gasteiger charge is 2.39. The number of nitrogens with one attached hydrogen (secondary N) is 3. The van der Waals surface area contributed by atoms with Crippen LogP contribution in [0.15, 0.2) is 245 Å². The van der Waals surface area contributed by atoms with E-state index in [1.165, 1.54) is 133 Å². The minimum Gasteiger partial charge on any atom is -0.358 e. The van der Waals surface area contributed by atoms with Crippen molar-refractivity contribution in [2.24, 2.45) is 10.2 Å². The van der Waals surface area contributed by atoms with Gasteiger partial charge in [-0.1, -0.05) is 198 Å². The molecule has 0 spiro atoms. The Bertz CT molecular complexity index is 6260. The number of aromatic nitrogens is 4. The van der Waals surface area contributed by atoms with Crippen LogP contribution in [-0.4, -0.2) is 64.8 Å². The number of H-pyrrole nitrogens is 1. The molecule has 3 N–H and O–H groups in total. The van der Waals surface area contributed by atoms with Gasteiger partial charge in [-0.25, -0.2) is 0 Å². The number of hydrogen-bond acceptors (Lipinski definition) is 10. The normalized spacial score (nSPS) is 16.8. The first-order chi connectivity index (χ1) is 55.9. The van der Waals surface area contributed by atoms with Crippen molar-refractivity contribution in [2.45, 2.75) is 167 Å². The van der Waals surface area contributed by atoms with Crippen molar-refractivity contribution >= 4 is 128 Å². The summed E-state index contributed by atoms with van der Waals surface area (Å²) in [7, 11) is 0. The summed E-state index contributed by atoms with van der Waals surface area (Å²) in [6.45, 7) is 9.33. The topological polar surface area (TPSA) is 182 Å². The molecule has 0 atom stereocenters. The van der Waals surface area contributed by atoms with E-state index in [-0.39, 0.29) is 22.4 Å². The summed E-state index contributed by atoms with van der Waals surface area (Å²) in [4.78, 5) is 70.6. The summed E-state index contributed by atoms with van der Waals surface area (Å²) in [6, 6.07) is 80.6. The van der Waals surface area contributed by atoms with E-state index in [0.717, 1.165) is 84.1 Å². The number of benzene rings is 10. The number of hydrogen-bond donors (Lipinski definition) is 3. The van der Waals surface area contributed by atoms with Gasteiger partial charge in [0.15, 0.2) is 0 Å². The average molecular weight is 1580 g/mol. The van der Waals surface area contributed by atoms with E-state index < -0.39 is 0 Å². The molecule has 576 valence electrons. The van der Waals surface area contributed by atoms with E-state index in [2.05, 4.69) is 254 Å². The summed E-state index contributed by atoms with van der Waals surface area (Å²) < 4.78 is 8.37. The minimum atomic E-state index is -0.0168. The highest BCUT2D eigenvalue weighted by atomic mass is 79.9. The lowest BCUT2D eigenvalue weighted by molar-refractivity contribution is -0.128. The average Bonchev–Trinajstić information content (AvgIpc) is 1.55. The van der Waals surface area contributed by atoms with Crippen LogP contribution in [0.5, 0.6) is 0 Å². The SMILES string of the molecule is CC1(C)c2ccccc2-n2c3c(c4cccc1c42)C/C(=N/Nc1ccc2ccccc2c1)CC3.CC1(C)c2ccccc2-n2c3c(c4cccc1c42)CC(=O)CC3.O=C1CCC(=NNc2ccccc2)CC1.O=C1CCC(=O)CC1.O=C1CCc2[nH]c3ccccc3c2C1.O=C1CCc2c(c3ccccc3n2-c2ccccc2Br)C1. The Hall–Kier alpha value is -11.9. The molecule has 115 heavy (non-hydrogen) atoms. The third-order valence-electron chi connectivity index (χ3n) is 24.5. The van der Waals surface area contributed by atoms with Crippen LogP contribution < -0.4 is 10.9 Å². The lowest BCUT2D eigenvalue weighted by Crippen LogP contribution is -2.27. The lowest BCUT2D eigenvalue weighted by Gasteiger charge is -2.35. The predicted octanol–water partition coefficient (Wildman–Crippen LogP) is 21.7. The van der Waals surface area contributed by atoms with Crippen LogP contribution in [0.4, 0.5) is 11.4 Å². The Kier molecular flexibility index (Phi) is 21.2. The number of carbonyl (C=O) groups is 6. The zero-order chi connectivity index (χ0) is 79.1. The number of Topliss-reactive ketones (excluding diaryl/α,β-unsaturated/α-hetero) is 6. The van der Waals surface area contributed by atoms with Gasteiger partial charge in [0, 0.05) is 171 Å². The summed E-state index contributed by atoms with van der Waals surface area (Å²) in [5.74, 6) is 1.91. The Labute approximate surface area is 678 Å². The van der Waals surface area contributed by atoms with Crippen LogP contribution in [-0.2, 0) is 91.0 Å². The Balaban J connectivity index is 0.000000104. The van der Waals surface area contributed by atoms with Crippen molar-refractivity contribution in [1.29, 1.82) is 0 Å². The first-order valence-corrected chi connectivity index (χ1v) is 41.4. The number of halogens is 1. The van der Waals surface area contributed by atoms with Crippen molar-refractivity contribution in [1.82, 2.24) is 18.7 Å². The number of anilines is 2. The second-order valence-corrected chi connectivity index (χ2v) is 33.4. The zero-order valence-corrected chi connectivity index (χ0v) is 67.2. The van der Waals surface area contributed by atoms with Gasteiger partial charge in [-0.3, -0.25) is 39.6 Å². The standard InChI is InChI=1S/C31H27N3.C21H19NO.C18H14BrNO.C12H14N2O.C12H11NO.C6H8O2/c1-31(2)26-11-5-6-13-29(26)34-28-17-16-23(19-25(28)24-10-7-12-27(31)30(24)34)33-32-22-15-14-20-8-3-4-9-21(20)18-22;1-21(2)16-7-3-4-9-19(16)22-18-11-10-13(23)12-15(18)14-6-5-8-17(21)20(14)22;19-15-6-2-4-8-18(15)20-16-7-3-1-5-13(16)14-11-12(21)9-10-17(14)20;15-12-8-6-11(7-9-12)14-13-10-4-2-1-3-5-10;14-8-5-6-12-10(7-8)9-3-1-2-4-11(9)13-12;7-5-1-2-6(8)4-3-5/h3-15,18,32H,16-17,19H2,1-2H3;3-9H,10-12H2,1-2H3;1-8H,9-11H2;1-5,13H,6-9H2;1-4,13H,5-7H2;1-4H2/b33-23+;;;;;. The van der Waals surface area contributed by atoms with Gasteiger partial charge in [0.2, 0.25) is 0 Å². The summed E-state index contributed by atoms with van der Waals surface area (Å²) in [5.41, 5.74) is 35.5.